The van der Waals surface area contributed by atoms with Crippen molar-refractivity contribution in [3.63, 3.8) is 0 Å². The Kier molecular flexibility index (Phi) is 5.88. The zero-order valence-corrected chi connectivity index (χ0v) is 19.0. The van der Waals surface area contributed by atoms with E-state index in [9.17, 15) is 19.1 Å². The summed E-state index contributed by atoms with van der Waals surface area (Å²) in [7, 11) is 0. The highest BCUT2D eigenvalue weighted by Gasteiger charge is 2.43. The van der Waals surface area contributed by atoms with Crippen LogP contribution in [0.1, 0.15) is 23.9 Å². The first-order valence-corrected chi connectivity index (χ1v) is 11.2. The van der Waals surface area contributed by atoms with E-state index in [-0.39, 0.29) is 12.1 Å². The molecule has 0 saturated carbocycles. The number of imidazole rings is 1. The summed E-state index contributed by atoms with van der Waals surface area (Å²) in [6.07, 6.45) is 4.74. The van der Waals surface area contributed by atoms with Gasteiger partial charge in [0, 0.05) is 42.5 Å². The summed E-state index contributed by atoms with van der Waals surface area (Å²) in [6.45, 7) is 3.38. The van der Waals surface area contributed by atoms with Gasteiger partial charge in [0.05, 0.1) is 30.4 Å². The van der Waals surface area contributed by atoms with Gasteiger partial charge in [-0.25, -0.2) is 23.4 Å². The molecule has 0 spiro atoms. The van der Waals surface area contributed by atoms with Crippen LogP contribution in [0.5, 0.6) is 0 Å². The minimum absolute atomic E-state index is 0.00942. The van der Waals surface area contributed by atoms with Gasteiger partial charge in [0.2, 0.25) is 0 Å². The lowest BCUT2D eigenvalue weighted by atomic mass is 9.85. The van der Waals surface area contributed by atoms with Crippen molar-refractivity contribution in [2.45, 2.75) is 38.2 Å². The van der Waals surface area contributed by atoms with E-state index < -0.39 is 23.3 Å². The SMILES string of the molecule is C[C@@H](N1CCn2cc(-c3cccc(C#N)c3)nc2C1)[C@](O)(Cn1cncn1)c1ccc(F)cc1F. The predicted molar refractivity (Wildman–Crippen MR) is 123 cm³/mol. The molecule has 0 bridgehead atoms. The number of hydrogen-bond acceptors (Lipinski definition) is 6. The van der Waals surface area contributed by atoms with E-state index in [1.54, 1.807) is 12.1 Å². The van der Waals surface area contributed by atoms with Gasteiger partial charge in [-0.3, -0.25) is 4.90 Å². The summed E-state index contributed by atoms with van der Waals surface area (Å²) in [5.74, 6) is -0.740. The first kappa shape index (κ1) is 22.8. The number of aliphatic hydroxyl groups is 1. The predicted octanol–water partition coefficient (Wildman–Crippen LogP) is 3.08. The van der Waals surface area contributed by atoms with Gasteiger partial charge in [0.25, 0.3) is 0 Å². The monoisotopic (exact) mass is 475 g/mol. The van der Waals surface area contributed by atoms with Crippen molar-refractivity contribution in [1.29, 1.82) is 5.26 Å². The van der Waals surface area contributed by atoms with E-state index in [4.69, 9.17) is 4.98 Å². The van der Waals surface area contributed by atoms with E-state index >= 15 is 0 Å². The normalized spacial score (nSPS) is 16.3. The molecule has 0 unspecified atom stereocenters. The van der Waals surface area contributed by atoms with Gasteiger partial charge in [-0.15, -0.1) is 0 Å². The van der Waals surface area contributed by atoms with Crippen LogP contribution in [-0.4, -0.2) is 46.9 Å². The molecule has 0 radical (unpaired) electrons. The van der Waals surface area contributed by atoms with Crippen LogP contribution in [0.4, 0.5) is 8.78 Å². The third-order valence-corrected chi connectivity index (χ3v) is 6.63. The van der Waals surface area contributed by atoms with E-state index in [0.717, 1.165) is 29.2 Å². The maximum Gasteiger partial charge on any atom is 0.137 e. The number of halogens is 2. The smallest absolute Gasteiger partial charge is 0.137 e. The molecule has 4 aromatic rings. The lowest BCUT2D eigenvalue weighted by Crippen LogP contribution is -2.53. The second kappa shape index (κ2) is 9.02. The fraction of sp³-hybridized carbons (Fsp3) is 0.280. The maximum atomic E-state index is 14.9. The first-order chi connectivity index (χ1) is 16.9. The minimum atomic E-state index is -1.72. The van der Waals surface area contributed by atoms with Gasteiger partial charge in [-0.2, -0.15) is 10.4 Å². The summed E-state index contributed by atoms with van der Waals surface area (Å²) in [5.41, 5.74) is 0.438. The van der Waals surface area contributed by atoms with Crippen molar-refractivity contribution in [3.05, 3.63) is 89.9 Å². The third kappa shape index (κ3) is 4.32. The molecule has 35 heavy (non-hydrogen) atoms. The van der Waals surface area contributed by atoms with Crippen LogP contribution >= 0.6 is 0 Å². The molecule has 0 saturated heterocycles. The second-order valence-electron chi connectivity index (χ2n) is 8.72. The molecule has 3 heterocycles. The van der Waals surface area contributed by atoms with Crippen molar-refractivity contribution in [2.75, 3.05) is 6.54 Å². The molecule has 8 nitrogen and oxygen atoms in total. The number of fused-ring (bicyclic) bond motifs is 1. The molecule has 1 aliphatic rings. The van der Waals surface area contributed by atoms with Gasteiger partial charge in [0.15, 0.2) is 0 Å². The molecule has 0 amide bonds. The molecule has 10 heteroatoms. The summed E-state index contributed by atoms with van der Waals surface area (Å²) >= 11 is 0. The van der Waals surface area contributed by atoms with Crippen molar-refractivity contribution >= 4 is 0 Å². The molecular weight excluding hydrogens is 452 g/mol. The number of nitrogens with zero attached hydrogens (tertiary/aromatic N) is 7. The van der Waals surface area contributed by atoms with Gasteiger partial charge in [-0.1, -0.05) is 18.2 Å². The first-order valence-electron chi connectivity index (χ1n) is 11.2. The molecule has 178 valence electrons. The van der Waals surface area contributed by atoms with Crippen LogP contribution < -0.4 is 0 Å². The lowest BCUT2D eigenvalue weighted by molar-refractivity contribution is -0.0709. The average molecular weight is 476 g/mol. The molecule has 2 aromatic carbocycles. The Morgan fingerprint density at radius 3 is 2.80 bits per heavy atom. The number of rotatable bonds is 6. The highest BCUT2D eigenvalue weighted by molar-refractivity contribution is 5.61. The Morgan fingerprint density at radius 1 is 1.20 bits per heavy atom. The summed E-state index contributed by atoms with van der Waals surface area (Å²) < 4.78 is 32.0. The number of benzene rings is 2. The molecule has 2 aromatic heterocycles. The number of hydrogen-bond donors (Lipinski definition) is 1. The van der Waals surface area contributed by atoms with Crippen LogP contribution in [0.2, 0.25) is 0 Å². The molecule has 5 rings (SSSR count). The maximum absolute atomic E-state index is 14.9. The Morgan fingerprint density at radius 2 is 2.06 bits per heavy atom. The zero-order chi connectivity index (χ0) is 24.6. The van der Waals surface area contributed by atoms with E-state index in [2.05, 4.69) is 16.2 Å². The Labute approximate surface area is 200 Å². The lowest BCUT2D eigenvalue weighted by Gasteiger charge is -2.42. The quantitative estimate of drug-likeness (QED) is 0.461. The molecule has 0 fully saturated rings. The van der Waals surface area contributed by atoms with Gasteiger partial charge in [0.1, 0.15) is 35.7 Å². The van der Waals surface area contributed by atoms with Crippen LogP contribution in [0.25, 0.3) is 11.3 Å². The summed E-state index contributed by atoms with van der Waals surface area (Å²) in [6, 6.07) is 12.0. The highest BCUT2D eigenvalue weighted by atomic mass is 19.1. The van der Waals surface area contributed by atoms with Crippen LogP contribution in [0.3, 0.4) is 0 Å². The molecule has 1 aliphatic heterocycles. The number of nitriles is 1. The largest absolute Gasteiger partial charge is 0.381 e. The fourth-order valence-corrected chi connectivity index (χ4v) is 4.63. The number of aromatic nitrogens is 5. The van der Waals surface area contributed by atoms with Crippen LogP contribution in [0.15, 0.2) is 61.3 Å². The van der Waals surface area contributed by atoms with Crippen molar-refractivity contribution in [1.82, 2.24) is 29.2 Å². The Hall–Kier alpha value is -3.94. The summed E-state index contributed by atoms with van der Waals surface area (Å²) in [4.78, 5) is 10.7. The van der Waals surface area contributed by atoms with Crippen LogP contribution in [-0.2, 0) is 25.2 Å². The second-order valence-corrected chi connectivity index (χ2v) is 8.72. The molecular formula is C25H23F2N7O. The van der Waals surface area contributed by atoms with E-state index in [1.807, 2.05) is 34.7 Å². The van der Waals surface area contributed by atoms with Gasteiger partial charge < -0.3 is 9.67 Å². The molecule has 2 atom stereocenters. The standard InChI is InChI=1S/C25H23F2N7O/c1-17(25(35,14-34-16-29-15-30-34)21-6-5-20(26)10-22(21)27)32-7-8-33-12-23(31-24(33)13-32)19-4-2-3-18(9-19)11-28/h2-6,9-10,12,15-17,35H,7-8,13-14H2,1H3/t17-,25-/m1/s1. The van der Waals surface area contributed by atoms with Crippen molar-refractivity contribution in [2.24, 2.45) is 0 Å². The van der Waals surface area contributed by atoms with E-state index in [1.165, 1.54) is 23.4 Å². The van der Waals surface area contributed by atoms with Crippen molar-refractivity contribution < 1.29 is 13.9 Å². The average Bonchev–Trinajstić information content (AvgIpc) is 3.52. The van der Waals surface area contributed by atoms with Crippen LogP contribution in [0, 0.1) is 23.0 Å². The van der Waals surface area contributed by atoms with Gasteiger partial charge in [-0.05, 0) is 25.1 Å². The topological polar surface area (TPSA) is 95.8 Å². The minimum Gasteiger partial charge on any atom is -0.381 e. The highest BCUT2D eigenvalue weighted by Crippen LogP contribution is 2.34. The van der Waals surface area contributed by atoms with Crippen molar-refractivity contribution in [3.8, 4) is 17.3 Å². The Bertz CT molecular complexity index is 1400. The van der Waals surface area contributed by atoms with E-state index in [0.29, 0.717) is 25.2 Å². The third-order valence-electron chi connectivity index (χ3n) is 6.63. The summed E-state index contributed by atoms with van der Waals surface area (Å²) in [5, 5.41) is 25.2. The zero-order valence-electron chi connectivity index (χ0n) is 19.0. The van der Waals surface area contributed by atoms with Gasteiger partial charge >= 0.3 is 0 Å². The fourth-order valence-electron chi connectivity index (χ4n) is 4.63. The molecule has 1 N–H and O–H groups in total. The Balaban J connectivity index is 1.46. The molecule has 0 aliphatic carbocycles.